The van der Waals surface area contributed by atoms with E-state index in [0.717, 1.165) is 6.42 Å². The molecule has 0 aromatic rings. The van der Waals surface area contributed by atoms with Gasteiger partial charge in [-0.2, -0.15) is 0 Å². The van der Waals surface area contributed by atoms with Crippen molar-refractivity contribution in [2.45, 2.75) is 43.9 Å². The third-order valence-corrected chi connectivity index (χ3v) is 3.04. The zero-order valence-corrected chi connectivity index (χ0v) is 8.10. The number of halogens is 1. The van der Waals surface area contributed by atoms with Gasteiger partial charge in [-0.1, -0.05) is 26.2 Å². The molecule has 0 saturated heterocycles. The highest BCUT2D eigenvalue weighted by molar-refractivity contribution is 6.34. The van der Waals surface area contributed by atoms with Crippen molar-refractivity contribution in [3.63, 3.8) is 0 Å². The summed E-state index contributed by atoms with van der Waals surface area (Å²) in [5.74, 6) is -0.296. The van der Waals surface area contributed by atoms with Crippen LogP contribution in [0.15, 0.2) is 0 Å². The quantitative estimate of drug-likeness (QED) is 0.693. The molecule has 1 saturated carbocycles. The van der Waals surface area contributed by atoms with Crippen LogP contribution in [0.25, 0.3) is 0 Å². The van der Waals surface area contributed by atoms with E-state index in [-0.39, 0.29) is 0 Å². The van der Waals surface area contributed by atoms with Crippen molar-refractivity contribution in [2.24, 2.45) is 5.92 Å². The molecule has 1 rings (SSSR count). The van der Waals surface area contributed by atoms with Crippen LogP contribution in [0.4, 0.5) is 0 Å². The monoisotopic (exact) mass is 190 g/mol. The summed E-state index contributed by atoms with van der Waals surface area (Å²) in [5, 5.41) is 8.70. The third-order valence-electron chi connectivity index (χ3n) is 2.57. The molecule has 2 nitrogen and oxygen atoms in total. The van der Waals surface area contributed by atoms with E-state index in [1.807, 2.05) is 0 Å². The maximum Gasteiger partial charge on any atom is 0.324 e. The van der Waals surface area contributed by atoms with Gasteiger partial charge in [0, 0.05) is 0 Å². The fraction of sp³-hybridized carbons (Fsp3) is 0.889. The number of carbonyl (C=O) groups is 1. The molecular formula is C9H15ClO2. The molecule has 3 heteroatoms. The van der Waals surface area contributed by atoms with Crippen LogP contribution < -0.4 is 0 Å². The highest BCUT2D eigenvalue weighted by Crippen LogP contribution is 2.45. The second-order valence-corrected chi connectivity index (χ2v) is 4.41. The van der Waals surface area contributed by atoms with E-state index in [2.05, 4.69) is 6.92 Å². The Morgan fingerprint density at radius 1 is 1.67 bits per heavy atom. The molecule has 0 bridgehead atoms. The Bertz CT molecular complexity index is 173. The number of aliphatic carboxylic acids is 1. The molecular weight excluding hydrogens is 176 g/mol. The number of rotatable bonds is 4. The third kappa shape index (κ3) is 1.92. The van der Waals surface area contributed by atoms with Crippen molar-refractivity contribution in [3.8, 4) is 0 Å². The second kappa shape index (κ2) is 3.65. The minimum absolute atomic E-state index is 0.554. The van der Waals surface area contributed by atoms with Crippen LogP contribution in [0.5, 0.6) is 0 Å². The largest absolute Gasteiger partial charge is 0.480 e. The molecule has 0 atom stereocenters. The minimum Gasteiger partial charge on any atom is -0.480 e. The van der Waals surface area contributed by atoms with Crippen LogP contribution >= 0.6 is 11.6 Å². The number of alkyl halides is 1. The van der Waals surface area contributed by atoms with Gasteiger partial charge in [-0.25, -0.2) is 0 Å². The molecule has 0 aromatic carbocycles. The minimum atomic E-state index is -0.918. The molecule has 0 heterocycles. The van der Waals surface area contributed by atoms with Gasteiger partial charge in [-0.15, -0.1) is 11.6 Å². The molecule has 12 heavy (non-hydrogen) atoms. The van der Waals surface area contributed by atoms with Crippen molar-refractivity contribution in [1.29, 1.82) is 0 Å². The average molecular weight is 191 g/mol. The summed E-state index contributed by atoms with van der Waals surface area (Å²) in [6.07, 6.45) is 4.82. The summed E-state index contributed by atoms with van der Waals surface area (Å²) in [5.41, 5.74) is 0. The molecule has 0 spiro atoms. The Hall–Kier alpha value is -0.240. The van der Waals surface area contributed by atoms with E-state index in [1.165, 1.54) is 12.8 Å². The van der Waals surface area contributed by atoms with Crippen LogP contribution in [0, 0.1) is 5.92 Å². The van der Waals surface area contributed by atoms with Crippen LogP contribution in [-0.2, 0) is 4.79 Å². The molecule has 0 aromatic heterocycles. The zero-order chi connectivity index (χ0) is 9.19. The fourth-order valence-corrected chi connectivity index (χ4v) is 2.16. The molecule has 0 aliphatic heterocycles. The second-order valence-electron chi connectivity index (χ2n) is 3.69. The van der Waals surface area contributed by atoms with Crippen LogP contribution in [0.2, 0.25) is 0 Å². The number of hydrogen-bond donors (Lipinski definition) is 1. The van der Waals surface area contributed by atoms with Gasteiger partial charge in [0.25, 0.3) is 0 Å². The van der Waals surface area contributed by atoms with E-state index in [1.54, 1.807) is 0 Å². The van der Waals surface area contributed by atoms with Gasteiger partial charge in [-0.05, 0) is 18.8 Å². The van der Waals surface area contributed by atoms with Crippen molar-refractivity contribution in [2.75, 3.05) is 0 Å². The van der Waals surface area contributed by atoms with Gasteiger partial charge in [-0.3, -0.25) is 4.79 Å². The molecule has 0 radical (unpaired) electrons. The predicted molar refractivity (Wildman–Crippen MR) is 48.5 cm³/mol. The predicted octanol–water partition coefficient (Wildman–Crippen LogP) is 2.65. The average Bonchev–Trinajstić information content (AvgIpc) is 1.95. The Morgan fingerprint density at radius 2 is 2.25 bits per heavy atom. The Labute approximate surface area is 77.9 Å². The SMILES string of the molecule is CCCCC1CC(Cl)(C(=O)O)C1. The molecule has 0 amide bonds. The van der Waals surface area contributed by atoms with Crippen LogP contribution in [0.1, 0.15) is 39.0 Å². The zero-order valence-electron chi connectivity index (χ0n) is 7.35. The van der Waals surface area contributed by atoms with Crippen LogP contribution in [-0.4, -0.2) is 16.0 Å². The summed E-state index contributed by atoms with van der Waals surface area (Å²) in [7, 11) is 0. The maximum absolute atomic E-state index is 10.6. The molecule has 1 aliphatic carbocycles. The van der Waals surface area contributed by atoms with E-state index in [4.69, 9.17) is 16.7 Å². The standard InChI is InChI=1S/C9H15ClO2/c1-2-3-4-7-5-9(10,6-7)8(11)12/h7H,2-6H2,1H3,(H,11,12). The van der Waals surface area contributed by atoms with Crippen molar-refractivity contribution >= 4 is 17.6 Å². The summed E-state index contributed by atoms with van der Waals surface area (Å²) in [6.45, 7) is 2.14. The Balaban J connectivity index is 2.22. The lowest BCUT2D eigenvalue weighted by molar-refractivity contribution is -0.144. The van der Waals surface area contributed by atoms with E-state index < -0.39 is 10.8 Å². The summed E-state index contributed by atoms with van der Waals surface area (Å²) in [4.78, 5) is 9.67. The molecule has 70 valence electrons. The maximum atomic E-state index is 10.6. The summed E-state index contributed by atoms with van der Waals surface area (Å²) >= 11 is 5.82. The molecule has 1 aliphatic rings. The van der Waals surface area contributed by atoms with Crippen molar-refractivity contribution in [1.82, 2.24) is 0 Å². The lowest BCUT2D eigenvalue weighted by Gasteiger charge is -2.39. The number of unbranched alkanes of at least 4 members (excludes halogenated alkanes) is 1. The number of carboxylic acids is 1. The van der Waals surface area contributed by atoms with Crippen LogP contribution in [0.3, 0.4) is 0 Å². The summed E-state index contributed by atoms with van der Waals surface area (Å²) in [6, 6.07) is 0. The molecule has 0 unspecified atom stereocenters. The van der Waals surface area contributed by atoms with Gasteiger partial charge in [0.2, 0.25) is 0 Å². The van der Waals surface area contributed by atoms with E-state index in [0.29, 0.717) is 18.8 Å². The topological polar surface area (TPSA) is 37.3 Å². The first-order valence-corrected chi connectivity index (χ1v) is 4.88. The first-order valence-electron chi connectivity index (χ1n) is 4.51. The van der Waals surface area contributed by atoms with Gasteiger partial charge in [0.15, 0.2) is 0 Å². The first-order chi connectivity index (χ1) is 5.58. The van der Waals surface area contributed by atoms with E-state index in [9.17, 15) is 4.79 Å². The Kier molecular flexibility index (Phi) is 2.99. The fourth-order valence-electron chi connectivity index (χ4n) is 1.73. The van der Waals surface area contributed by atoms with E-state index >= 15 is 0 Å². The van der Waals surface area contributed by atoms with Crippen molar-refractivity contribution in [3.05, 3.63) is 0 Å². The summed E-state index contributed by atoms with van der Waals surface area (Å²) < 4.78 is 0. The first kappa shape index (κ1) is 9.85. The normalized spacial score (nSPS) is 34.3. The number of carboxylic acid groups (broad SMARTS) is 1. The number of hydrogen-bond acceptors (Lipinski definition) is 1. The van der Waals surface area contributed by atoms with Gasteiger partial charge in [0.1, 0.15) is 4.87 Å². The molecule has 1 fully saturated rings. The highest BCUT2D eigenvalue weighted by Gasteiger charge is 2.48. The lowest BCUT2D eigenvalue weighted by atomic mass is 9.72. The van der Waals surface area contributed by atoms with Gasteiger partial charge < -0.3 is 5.11 Å². The van der Waals surface area contributed by atoms with Gasteiger partial charge in [0.05, 0.1) is 0 Å². The Morgan fingerprint density at radius 3 is 2.67 bits per heavy atom. The smallest absolute Gasteiger partial charge is 0.324 e. The van der Waals surface area contributed by atoms with Gasteiger partial charge >= 0.3 is 5.97 Å². The van der Waals surface area contributed by atoms with Crippen molar-refractivity contribution < 1.29 is 9.90 Å². The lowest BCUT2D eigenvalue weighted by Crippen LogP contribution is -2.45. The highest BCUT2D eigenvalue weighted by atomic mass is 35.5. The molecule has 1 N–H and O–H groups in total.